The monoisotopic (exact) mass is 307 g/mol. The highest BCUT2D eigenvalue weighted by Gasteiger charge is 2.22. The Kier molecular flexibility index (Phi) is 3.12. The van der Waals surface area contributed by atoms with E-state index < -0.39 is 10.9 Å². The molecule has 3 aromatic rings. The molecule has 1 heterocycles. The van der Waals surface area contributed by atoms with Crippen LogP contribution in [0, 0.1) is 0 Å². The van der Waals surface area contributed by atoms with Crippen molar-refractivity contribution in [1.29, 1.82) is 0 Å². The Hall–Kier alpha value is -3.08. The summed E-state index contributed by atoms with van der Waals surface area (Å²) in [6.07, 6.45) is 0. The van der Waals surface area contributed by atoms with Crippen LogP contribution in [0.15, 0.2) is 58.1 Å². The van der Waals surface area contributed by atoms with Crippen LogP contribution in [0.5, 0.6) is 11.5 Å². The molecular formula is C18H13NO4. The Morgan fingerprint density at radius 1 is 0.913 bits per heavy atom. The van der Waals surface area contributed by atoms with E-state index in [1.807, 2.05) is 48.5 Å². The highest BCUT2D eigenvalue weighted by molar-refractivity contribution is 5.81. The Labute approximate surface area is 131 Å². The summed E-state index contributed by atoms with van der Waals surface area (Å²) >= 11 is 0. The van der Waals surface area contributed by atoms with Gasteiger partial charge in [-0.3, -0.25) is 9.59 Å². The number of ether oxygens (including phenoxy) is 2. The molecule has 0 bridgehead atoms. The third-order valence-corrected chi connectivity index (χ3v) is 3.88. The maximum atomic E-state index is 11.9. The van der Waals surface area contributed by atoms with E-state index in [2.05, 4.69) is 5.32 Å². The quantitative estimate of drug-likeness (QED) is 0.749. The number of anilines is 1. The van der Waals surface area contributed by atoms with Gasteiger partial charge in [-0.2, -0.15) is 0 Å². The van der Waals surface area contributed by atoms with Gasteiger partial charge < -0.3 is 14.8 Å². The van der Waals surface area contributed by atoms with Crippen LogP contribution in [0.25, 0.3) is 11.1 Å². The Balaban J connectivity index is 1.58. The van der Waals surface area contributed by atoms with E-state index >= 15 is 0 Å². The van der Waals surface area contributed by atoms with E-state index in [1.165, 1.54) is 0 Å². The van der Waals surface area contributed by atoms with Gasteiger partial charge in [0.15, 0.2) is 11.5 Å². The van der Waals surface area contributed by atoms with E-state index in [0.29, 0.717) is 29.3 Å². The first-order valence-electron chi connectivity index (χ1n) is 7.25. The molecule has 23 heavy (non-hydrogen) atoms. The minimum absolute atomic E-state index is 0.225. The normalized spacial score (nSPS) is 12.5. The fraction of sp³-hybridized carbons (Fsp3) is 0.111. The largest absolute Gasteiger partial charge is 0.454 e. The zero-order chi connectivity index (χ0) is 15.8. The van der Waals surface area contributed by atoms with Crippen molar-refractivity contribution in [2.45, 2.75) is 6.54 Å². The van der Waals surface area contributed by atoms with Crippen LogP contribution in [0.2, 0.25) is 0 Å². The zero-order valence-corrected chi connectivity index (χ0v) is 12.2. The maximum absolute atomic E-state index is 11.9. The second kappa shape index (κ2) is 5.28. The Morgan fingerprint density at radius 3 is 2.52 bits per heavy atom. The predicted octanol–water partition coefficient (Wildman–Crippen LogP) is 2.29. The lowest BCUT2D eigenvalue weighted by atomic mass is 9.98. The third kappa shape index (κ3) is 2.26. The van der Waals surface area contributed by atoms with E-state index in [4.69, 9.17) is 9.47 Å². The van der Waals surface area contributed by atoms with Crippen LogP contribution in [0.1, 0.15) is 5.56 Å². The molecule has 0 unspecified atom stereocenters. The molecule has 5 heteroatoms. The molecule has 4 rings (SSSR count). The smallest absolute Gasteiger partial charge is 0.250 e. The average Bonchev–Trinajstić information content (AvgIpc) is 3.06. The van der Waals surface area contributed by atoms with Crippen molar-refractivity contribution in [2.75, 3.05) is 12.1 Å². The first-order valence-corrected chi connectivity index (χ1v) is 7.25. The van der Waals surface area contributed by atoms with Gasteiger partial charge in [0.2, 0.25) is 17.7 Å². The molecule has 1 aliphatic rings. The summed E-state index contributed by atoms with van der Waals surface area (Å²) in [5.74, 6) is 1.41. The molecule has 5 nitrogen and oxygen atoms in total. The van der Waals surface area contributed by atoms with Crippen LogP contribution < -0.4 is 25.6 Å². The molecular weight excluding hydrogens is 294 g/mol. The molecule has 114 valence electrons. The minimum atomic E-state index is -0.468. The van der Waals surface area contributed by atoms with Crippen molar-refractivity contribution in [1.82, 2.24) is 0 Å². The van der Waals surface area contributed by atoms with E-state index in [1.54, 1.807) is 0 Å². The van der Waals surface area contributed by atoms with Gasteiger partial charge in [0.1, 0.15) is 0 Å². The average molecular weight is 307 g/mol. The second-order valence-corrected chi connectivity index (χ2v) is 5.32. The molecule has 0 atom stereocenters. The highest BCUT2D eigenvalue weighted by atomic mass is 16.7. The summed E-state index contributed by atoms with van der Waals surface area (Å²) in [6, 6.07) is 14.8. The maximum Gasteiger partial charge on any atom is 0.250 e. The molecule has 0 saturated heterocycles. The first kappa shape index (κ1) is 13.6. The van der Waals surface area contributed by atoms with E-state index in [0.717, 1.165) is 11.1 Å². The van der Waals surface area contributed by atoms with Crippen molar-refractivity contribution in [3.8, 4) is 22.6 Å². The lowest BCUT2D eigenvalue weighted by molar-refractivity contribution is 0.174. The molecule has 1 N–H and O–H groups in total. The molecule has 0 fully saturated rings. The van der Waals surface area contributed by atoms with Crippen LogP contribution in [0.4, 0.5) is 5.69 Å². The number of rotatable bonds is 4. The molecule has 0 amide bonds. The standard InChI is InChI=1S/C18H13NO4/c20-17-15(12-4-2-1-3-5-12)16(18(17)21)19-9-11-6-7-13-14(8-11)23-10-22-13/h1-8,19H,9-10H2. The lowest BCUT2D eigenvalue weighted by Gasteiger charge is -2.13. The minimum Gasteiger partial charge on any atom is -0.454 e. The van der Waals surface area contributed by atoms with Crippen LogP contribution in [-0.4, -0.2) is 6.79 Å². The van der Waals surface area contributed by atoms with E-state index in [9.17, 15) is 9.59 Å². The lowest BCUT2D eigenvalue weighted by Crippen LogP contribution is -2.36. The summed E-state index contributed by atoms with van der Waals surface area (Å²) in [7, 11) is 0. The van der Waals surface area contributed by atoms with Crippen molar-refractivity contribution in [3.05, 3.63) is 74.5 Å². The van der Waals surface area contributed by atoms with Crippen LogP contribution in [-0.2, 0) is 6.54 Å². The summed E-state index contributed by atoms with van der Waals surface area (Å²) in [5.41, 5.74) is 1.62. The molecule has 1 aliphatic heterocycles. The SMILES string of the molecule is O=c1c(NCc2ccc3c(c2)OCO3)c(-c2ccccc2)c1=O. The Bertz CT molecular complexity index is 940. The van der Waals surface area contributed by atoms with Gasteiger partial charge >= 0.3 is 0 Å². The van der Waals surface area contributed by atoms with Gasteiger partial charge in [-0.25, -0.2) is 0 Å². The predicted molar refractivity (Wildman–Crippen MR) is 86.7 cm³/mol. The van der Waals surface area contributed by atoms with Gasteiger partial charge in [-0.15, -0.1) is 0 Å². The summed E-state index contributed by atoms with van der Waals surface area (Å²) < 4.78 is 10.6. The number of hydrogen-bond donors (Lipinski definition) is 1. The molecule has 0 radical (unpaired) electrons. The topological polar surface area (TPSA) is 64.6 Å². The van der Waals surface area contributed by atoms with Gasteiger partial charge in [-0.05, 0) is 23.3 Å². The molecule has 0 spiro atoms. The van der Waals surface area contributed by atoms with Gasteiger partial charge in [-0.1, -0.05) is 36.4 Å². The van der Waals surface area contributed by atoms with Crippen LogP contribution >= 0.6 is 0 Å². The summed E-state index contributed by atoms with van der Waals surface area (Å²) in [5, 5.41) is 3.07. The van der Waals surface area contributed by atoms with E-state index in [-0.39, 0.29) is 6.79 Å². The van der Waals surface area contributed by atoms with Crippen molar-refractivity contribution in [3.63, 3.8) is 0 Å². The second-order valence-electron chi connectivity index (χ2n) is 5.32. The highest BCUT2D eigenvalue weighted by Crippen LogP contribution is 2.33. The number of fused-ring (bicyclic) bond motifs is 1. The van der Waals surface area contributed by atoms with Crippen LogP contribution in [0.3, 0.4) is 0 Å². The molecule has 0 aliphatic carbocycles. The zero-order valence-electron chi connectivity index (χ0n) is 12.2. The molecule has 0 saturated carbocycles. The third-order valence-electron chi connectivity index (χ3n) is 3.88. The van der Waals surface area contributed by atoms with Gasteiger partial charge in [0.25, 0.3) is 0 Å². The Morgan fingerprint density at radius 2 is 1.70 bits per heavy atom. The fourth-order valence-electron chi connectivity index (χ4n) is 2.68. The number of nitrogens with one attached hydrogen (secondary N) is 1. The summed E-state index contributed by atoms with van der Waals surface area (Å²) in [4.78, 5) is 23.7. The molecule has 3 aromatic carbocycles. The van der Waals surface area contributed by atoms with Gasteiger partial charge in [0.05, 0.1) is 11.3 Å². The fourth-order valence-corrected chi connectivity index (χ4v) is 2.68. The number of benzene rings is 2. The number of hydrogen-bond acceptors (Lipinski definition) is 5. The first-order chi connectivity index (χ1) is 11.2. The summed E-state index contributed by atoms with van der Waals surface area (Å²) in [6.45, 7) is 0.657. The molecule has 0 aromatic heterocycles. The van der Waals surface area contributed by atoms with Crippen molar-refractivity contribution >= 4 is 5.69 Å². The van der Waals surface area contributed by atoms with Gasteiger partial charge in [0, 0.05) is 6.54 Å². The van der Waals surface area contributed by atoms with Crippen molar-refractivity contribution in [2.24, 2.45) is 0 Å². The van der Waals surface area contributed by atoms with Crippen molar-refractivity contribution < 1.29 is 9.47 Å².